The van der Waals surface area contributed by atoms with E-state index in [1.54, 1.807) is 7.11 Å². The van der Waals surface area contributed by atoms with Gasteiger partial charge in [-0.25, -0.2) is 0 Å². The zero-order chi connectivity index (χ0) is 15.3. The summed E-state index contributed by atoms with van der Waals surface area (Å²) in [6.45, 7) is 2.93. The minimum absolute atomic E-state index is 0.0402. The summed E-state index contributed by atoms with van der Waals surface area (Å²) in [5.41, 5.74) is 6.87. The van der Waals surface area contributed by atoms with E-state index in [2.05, 4.69) is 17.4 Å². The monoisotopic (exact) mass is 290 g/mol. The Kier molecular flexibility index (Phi) is 5.23. The van der Waals surface area contributed by atoms with Crippen molar-refractivity contribution in [3.63, 3.8) is 0 Å². The van der Waals surface area contributed by atoms with Crippen molar-refractivity contribution in [1.29, 1.82) is 0 Å². The van der Waals surface area contributed by atoms with Crippen LogP contribution in [0.5, 0.6) is 5.75 Å². The van der Waals surface area contributed by atoms with Gasteiger partial charge in [-0.3, -0.25) is 4.79 Å². The quantitative estimate of drug-likeness (QED) is 0.844. The second-order valence-corrected chi connectivity index (χ2v) is 6.07. The molecule has 116 valence electrons. The number of hydrogen-bond donors (Lipinski definition) is 2. The average Bonchev–Trinajstić information content (AvgIpc) is 3.02. The molecule has 1 unspecified atom stereocenters. The van der Waals surface area contributed by atoms with E-state index in [-0.39, 0.29) is 17.2 Å². The van der Waals surface area contributed by atoms with Crippen LogP contribution in [-0.2, 0) is 10.2 Å². The molecule has 1 aromatic rings. The average molecular weight is 290 g/mol. The summed E-state index contributed by atoms with van der Waals surface area (Å²) in [6, 6.07) is 8.23. The van der Waals surface area contributed by atoms with Crippen molar-refractivity contribution in [1.82, 2.24) is 5.32 Å². The summed E-state index contributed by atoms with van der Waals surface area (Å²) in [5, 5.41) is 3.09. The molecule has 4 heteroatoms. The van der Waals surface area contributed by atoms with E-state index in [0.29, 0.717) is 13.1 Å². The van der Waals surface area contributed by atoms with Crippen LogP contribution in [0.3, 0.4) is 0 Å². The lowest BCUT2D eigenvalue weighted by Gasteiger charge is -2.30. The molecule has 2 rings (SSSR count). The van der Waals surface area contributed by atoms with Gasteiger partial charge in [-0.1, -0.05) is 31.9 Å². The topological polar surface area (TPSA) is 64.3 Å². The molecule has 0 aromatic heterocycles. The summed E-state index contributed by atoms with van der Waals surface area (Å²) in [7, 11) is 1.69. The molecule has 0 spiro atoms. The van der Waals surface area contributed by atoms with E-state index in [9.17, 15) is 4.79 Å². The lowest BCUT2D eigenvalue weighted by atomic mass is 9.78. The Hall–Kier alpha value is -1.55. The number of benzene rings is 1. The molecule has 1 aromatic carbocycles. The molecule has 0 bridgehead atoms. The zero-order valence-electron chi connectivity index (χ0n) is 13.0. The minimum atomic E-state index is -0.131. The standard InChI is InChI=1S/C17H26N2O2/c1-13(11-18)16(20)19-12-17(8-3-4-9-17)14-6-5-7-15(10-14)21-2/h5-7,10,13H,3-4,8-9,11-12,18H2,1-2H3,(H,19,20). The van der Waals surface area contributed by atoms with E-state index < -0.39 is 0 Å². The molecule has 0 radical (unpaired) electrons. The van der Waals surface area contributed by atoms with Gasteiger partial charge >= 0.3 is 0 Å². The van der Waals surface area contributed by atoms with Crippen molar-refractivity contribution in [2.24, 2.45) is 11.7 Å². The van der Waals surface area contributed by atoms with Crippen LogP contribution >= 0.6 is 0 Å². The Labute approximate surface area is 127 Å². The highest BCUT2D eigenvalue weighted by molar-refractivity contribution is 5.78. The highest BCUT2D eigenvalue weighted by Crippen LogP contribution is 2.41. The van der Waals surface area contributed by atoms with Crippen molar-refractivity contribution in [3.8, 4) is 5.75 Å². The summed E-state index contributed by atoms with van der Waals surface area (Å²) >= 11 is 0. The molecular weight excluding hydrogens is 264 g/mol. The van der Waals surface area contributed by atoms with Crippen LogP contribution in [-0.4, -0.2) is 26.1 Å². The number of carbonyl (C=O) groups excluding carboxylic acids is 1. The van der Waals surface area contributed by atoms with Crippen LogP contribution in [0.15, 0.2) is 24.3 Å². The first kappa shape index (κ1) is 15.8. The Morgan fingerprint density at radius 1 is 1.43 bits per heavy atom. The first-order valence-corrected chi connectivity index (χ1v) is 7.73. The first-order chi connectivity index (χ1) is 10.1. The molecule has 0 heterocycles. The van der Waals surface area contributed by atoms with Crippen molar-refractivity contribution in [3.05, 3.63) is 29.8 Å². The Morgan fingerprint density at radius 3 is 2.76 bits per heavy atom. The fourth-order valence-electron chi connectivity index (χ4n) is 3.11. The van der Waals surface area contributed by atoms with Gasteiger partial charge in [0, 0.05) is 24.4 Å². The van der Waals surface area contributed by atoms with Crippen molar-refractivity contribution >= 4 is 5.91 Å². The lowest BCUT2D eigenvalue weighted by Crippen LogP contribution is -2.42. The van der Waals surface area contributed by atoms with Crippen molar-refractivity contribution in [2.45, 2.75) is 38.0 Å². The normalized spacial score (nSPS) is 18.2. The SMILES string of the molecule is COc1cccc(C2(CNC(=O)C(C)CN)CCCC2)c1. The molecule has 1 amide bonds. The highest BCUT2D eigenvalue weighted by atomic mass is 16.5. The number of nitrogens with one attached hydrogen (secondary N) is 1. The third-order valence-electron chi connectivity index (χ3n) is 4.64. The number of hydrogen-bond acceptors (Lipinski definition) is 3. The van der Waals surface area contributed by atoms with Crippen LogP contribution in [0, 0.1) is 5.92 Å². The minimum Gasteiger partial charge on any atom is -0.497 e. The van der Waals surface area contributed by atoms with Crippen LogP contribution in [0.25, 0.3) is 0 Å². The molecule has 1 aliphatic rings. The van der Waals surface area contributed by atoms with E-state index in [0.717, 1.165) is 18.6 Å². The lowest BCUT2D eigenvalue weighted by molar-refractivity contribution is -0.124. The van der Waals surface area contributed by atoms with Gasteiger partial charge in [-0.15, -0.1) is 0 Å². The Balaban J connectivity index is 2.14. The predicted molar refractivity (Wildman–Crippen MR) is 84.4 cm³/mol. The predicted octanol–water partition coefficient (Wildman–Crippen LogP) is 2.22. The van der Waals surface area contributed by atoms with E-state index in [4.69, 9.17) is 10.5 Å². The molecular formula is C17H26N2O2. The van der Waals surface area contributed by atoms with Gasteiger partial charge in [0.05, 0.1) is 7.11 Å². The van der Waals surface area contributed by atoms with Gasteiger partial charge in [0.25, 0.3) is 0 Å². The molecule has 0 saturated heterocycles. The summed E-state index contributed by atoms with van der Waals surface area (Å²) < 4.78 is 5.34. The molecule has 1 aliphatic carbocycles. The van der Waals surface area contributed by atoms with Crippen molar-refractivity contribution in [2.75, 3.05) is 20.2 Å². The maximum Gasteiger partial charge on any atom is 0.224 e. The highest BCUT2D eigenvalue weighted by Gasteiger charge is 2.36. The molecule has 21 heavy (non-hydrogen) atoms. The number of nitrogens with two attached hydrogens (primary N) is 1. The molecule has 1 fully saturated rings. The first-order valence-electron chi connectivity index (χ1n) is 7.73. The largest absolute Gasteiger partial charge is 0.497 e. The molecule has 3 N–H and O–H groups in total. The third kappa shape index (κ3) is 3.56. The smallest absolute Gasteiger partial charge is 0.224 e. The van der Waals surface area contributed by atoms with Crippen LogP contribution < -0.4 is 15.8 Å². The second-order valence-electron chi connectivity index (χ2n) is 6.07. The van der Waals surface area contributed by atoms with Crippen LogP contribution in [0.1, 0.15) is 38.2 Å². The number of carbonyl (C=O) groups is 1. The number of ether oxygens (including phenoxy) is 1. The van der Waals surface area contributed by atoms with Crippen molar-refractivity contribution < 1.29 is 9.53 Å². The maximum atomic E-state index is 12.0. The van der Waals surface area contributed by atoms with Crippen LogP contribution in [0.4, 0.5) is 0 Å². The molecule has 0 aliphatic heterocycles. The summed E-state index contributed by atoms with van der Waals surface area (Å²) in [6.07, 6.45) is 4.63. The van der Waals surface area contributed by atoms with E-state index >= 15 is 0 Å². The number of rotatable bonds is 6. The summed E-state index contributed by atoms with van der Waals surface area (Å²) in [4.78, 5) is 12.0. The van der Waals surface area contributed by atoms with Gasteiger partial charge in [-0.05, 0) is 30.5 Å². The number of amides is 1. The van der Waals surface area contributed by atoms with Gasteiger partial charge in [-0.2, -0.15) is 0 Å². The molecule has 4 nitrogen and oxygen atoms in total. The van der Waals surface area contributed by atoms with Gasteiger partial charge in [0.2, 0.25) is 5.91 Å². The Bertz CT molecular complexity index is 481. The Morgan fingerprint density at radius 2 is 2.14 bits per heavy atom. The van der Waals surface area contributed by atoms with Gasteiger partial charge in [0.15, 0.2) is 0 Å². The van der Waals surface area contributed by atoms with Gasteiger partial charge in [0.1, 0.15) is 5.75 Å². The van der Waals surface area contributed by atoms with Crippen LogP contribution in [0.2, 0.25) is 0 Å². The number of methoxy groups -OCH3 is 1. The maximum absolute atomic E-state index is 12.0. The fourth-order valence-corrected chi connectivity index (χ4v) is 3.11. The van der Waals surface area contributed by atoms with E-state index in [1.165, 1.54) is 18.4 Å². The third-order valence-corrected chi connectivity index (χ3v) is 4.64. The fraction of sp³-hybridized carbons (Fsp3) is 0.588. The van der Waals surface area contributed by atoms with Gasteiger partial charge < -0.3 is 15.8 Å². The second kappa shape index (κ2) is 6.94. The molecule has 1 atom stereocenters. The summed E-state index contributed by atoms with van der Waals surface area (Å²) in [5.74, 6) is 0.792. The zero-order valence-corrected chi connectivity index (χ0v) is 13.0. The molecule has 1 saturated carbocycles. The van der Waals surface area contributed by atoms with E-state index in [1.807, 2.05) is 19.1 Å².